The third-order valence-electron chi connectivity index (χ3n) is 21.4. The number of pyridine rings is 6. The molecule has 3 aromatic carbocycles. The van der Waals surface area contributed by atoms with Gasteiger partial charge >= 0.3 is 0 Å². The van der Waals surface area contributed by atoms with E-state index in [1.807, 2.05) is 160 Å². The number of ether oxygens (including phenoxy) is 3. The standard InChI is InChI=1S/2C24H23BrN4O3.C24H24N4O3/c2*25-16-8-14-3-4-15(9-17(14)28-22(16)26)19-11-24(12-32-19)10-18(20(30)21(24)31)29-7-5-13-2-1-6-27-23(13)29;25-20-6-5-14-3-4-16(10-17(14)27-20)19-12-24(13-31-19)11-18(21(29)22(24)30)28-9-7-15-2-1-8-26-23(15)28/h2*1-9,18-21,30-31H,10-12H2,(H2,26,28);1-10,18-19,21-22,29-30H,11-13H2,(H2,25,27)/t18-,19+,20+,21+,24-;18-,19-,20+,21+,24-;18-,19+,21+,22+,24-/m111/s1. The van der Waals surface area contributed by atoms with Crippen LogP contribution in [0.15, 0.2) is 180 Å². The fourth-order valence-electron chi connectivity index (χ4n) is 16.3. The normalized spacial score (nSPS) is 30.3. The number of rotatable bonds is 6. The molecule has 3 aliphatic carbocycles. The number of aliphatic hydroxyl groups excluding tert-OH is 6. The number of hydrogen-bond acceptors (Lipinski definition) is 18. The van der Waals surface area contributed by atoms with Crippen molar-refractivity contribution in [3.05, 3.63) is 196 Å². The second-order valence-corrected chi connectivity index (χ2v) is 28.6. The molecule has 12 heterocycles. The maximum atomic E-state index is 11.1. The molecule has 18 rings (SSSR count). The van der Waals surface area contributed by atoms with Gasteiger partial charge < -0.3 is 75.8 Å². The maximum Gasteiger partial charge on any atom is 0.140 e. The van der Waals surface area contributed by atoms with Crippen molar-refractivity contribution >= 4 is 115 Å². The average molecular weight is 1410 g/mol. The molecule has 21 nitrogen and oxygen atoms in total. The van der Waals surface area contributed by atoms with Gasteiger partial charge in [-0.2, -0.15) is 0 Å². The zero-order valence-corrected chi connectivity index (χ0v) is 54.6. The van der Waals surface area contributed by atoms with Gasteiger partial charge in [-0.25, -0.2) is 29.9 Å². The van der Waals surface area contributed by atoms with Gasteiger partial charge in [-0.3, -0.25) is 0 Å². The van der Waals surface area contributed by atoms with Crippen molar-refractivity contribution in [2.75, 3.05) is 37.0 Å². The minimum Gasteiger partial charge on any atom is -0.390 e. The number of anilines is 3. The van der Waals surface area contributed by atoms with Gasteiger partial charge in [-0.05, 0) is 184 Å². The van der Waals surface area contributed by atoms with Gasteiger partial charge in [0.15, 0.2) is 0 Å². The topological polar surface area (TPSA) is 319 Å². The summed E-state index contributed by atoms with van der Waals surface area (Å²) in [6.07, 6.45) is 9.11. The number of benzene rings is 3. The Labute approximate surface area is 561 Å². The van der Waals surface area contributed by atoms with Crippen LogP contribution >= 0.6 is 31.9 Å². The Balaban J connectivity index is 0.000000112. The van der Waals surface area contributed by atoms with Gasteiger partial charge in [0, 0.05) is 85.7 Å². The molecular formula is C72H70Br2N12O9. The van der Waals surface area contributed by atoms with Gasteiger partial charge in [0.1, 0.15) is 52.7 Å². The third-order valence-corrected chi connectivity index (χ3v) is 22.6. The zero-order valence-electron chi connectivity index (χ0n) is 51.4. The van der Waals surface area contributed by atoms with Gasteiger partial charge in [-0.1, -0.05) is 36.4 Å². The van der Waals surface area contributed by atoms with E-state index in [-0.39, 0.29) is 36.4 Å². The van der Waals surface area contributed by atoms with E-state index in [1.54, 1.807) is 24.7 Å². The molecule has 9 aromatic heterocycles. The Hall–Kier alpha value is -8.04. The molecule has 6 aliphatic rings. The summed E-state index contributed by atoms with van der Waals surface area (Å²) in [5, 5.41) is 72.3. The summed E-state index contributed by atoms with van der Waals surface area (Å²) in [5.41, 5.74) is 24.2. The number of aromatic nitrogens is 9. The molecule has 0 bridgehead atoms. The lowest BCUT2D eigenvalue weighted by atomic mass is 9.80. The fourth-order valence-corrected chi connectivity index (χ4v) is 17.0. The number of nitrogens with two attached hydrogens (primary N) is 3. The molecule has 3 aliphatic heterocycles. The summed E-state index contributed by atoms with van der Waals surface area (Å²) in [7, 11) is 0. The van der Waals surface area contributed by atoms with Gasteiger partial charge in [0.2, 0.25) is 0 Å². The van der Waals surface area contributed by atoms with E-state index in [0.29, 0.717) is 75.8 Å². The maximum absolute atomic E-state index is 11.1. The SMILES string of the molecule is Nc1ccc2ccc([C@@H]3C[C@@]4(CO3)C[C@@H](n3ccc5cccnc53)[C@H](O)[C@@H]4O)cc2n1.Nc1nc2cc([C@@H]3C[C@@]4(CO3)C[C@@H](n3ccc5cccnc53)[C@H](O)[C@@H]4O)ccc2cc1Br.Nc1nc2cc([C@H]3C[C@@]4(CO3)C[C@@H](n3ccc5cccnc53)[C@H](O)[C@@H]4O)ccc2cc1Br. The van der Waals surface area contributed by atoms with Crippen LogP contribution < -0.4 is 17.2 Å². The number of halogens is 2. The van der Waals surface area contributed by atoms with E-state index in [9.17, 15) is 30.6 Å². The van der Waals surface area contributed by atoms with Crippen molar-refractivity contribution in [1.82, 2.24) is 43.6 Å². The minimum atomic E-state index is -0.884. The largest absolute Gasteiger partial charge is 0.390 e. The first kappa shape index (κ1) is 61.8. The van der Waals surface area contributed by atoms with Crippen molar-refractivity contribution in [3.63, 3.8) is 0 Å². The Kier molecular flexibility index (Phi) is 15.6. The second-order valence-electron chi connectivity index (χ2n) is 26.9. The smallest absolute Gasteiger partial charge is 0.140 e. The molecule has 6 fully saturated rings. The molecule has 12 N–H and O–H groups in total. The van der Waals surface area contributed by atoms with Crippen LogP contribution in [0.5, 0.6) is 0 Å². The Morgan fingerprint density at radius 2 is 0.726 bits per heavy atom. The molecule has 3 saturated heterocycles. The molecule has 0 unspecified atom stereocenters. The quantitative estimate of drug-likeness (QED) is 0.0747. The Morgan fingerprint density at radius 1 is 0.389 bits per heavy atom. The second kappa shape index (κ2) is 23.9. The van der Waals surface area contributed by atoms with Crippen LogP contribution in [0.3, 0.4) is 0 Å². The van der Waals surface area contributed by atoms with Gasteiger partial charge in [-0.15, -0.1) is 0 Å². The first-order valence-corrected chi connectivity index (χ1v) is 33.6. The molecule has 0 radical (unpaired) electrons. The van der Waals surface area contributed by atoms with Gasteiger partial charge in [0.25, 0.3) is 0 Å². The highest BCUT2D eigenvalue weighted by molar-refractivity contribution is 9.11. The summed E-state index contributed by atoms with van der Waals surface area (Å²) in [5.74, 6) is 1.38. The number of aliphatic hydroxyl groups is 6. The van der Waals surface area contributed by atoms with Crippen molar-refractivity contribution in [2.45, 2.75) is 112 Å². The summed E-state index contributed by atoms with van der Waals surface area (Å²) in [4.78, 5) is 26.8. The summed E-state index contributed by atoms with van der Waals surface area (Å²) < 4.78 is 26.1. The van der Waals surface area contributed by atoms with E-state index < -0.39 is 52.9 Å². The minimum absolute atomic E-state index is 0.159. The lowest BCUT2D eigenvalue weighted by Crippen LogP contribution is -2.37. The number of hydrogen-bond donors (Lipinski definition) is 9. The fraction of sp³-hybridized carbons (Fsp3) is 0.333. The molecule has 486 valence electrons. The van der Waals surface area contributed by atoms with Crippen LogP contribution in [-0.4, -0.2) is 131 Å². The third kappa shape index (κ3) is 10.7. The Bertz CT molecular complexity index is 4730. The predicted molar refractivity (Wildman–Crippen MR) is 367 cm³/mol. The van der Waals surface area contributed by atoms with E-state index in [0.717, 1.165) is 91.4 Å². The van der Waals surface area contributed by atoms with Crippen LogP contribution in [-0.2, 0) is 14.2 Å². The molecule has 95 heavy (non-hydrogen) atoms. The van der Waals surface area contributed by atoms with Crippen molar-refractivity contribution in [3.8, 4) is 0 Å². The number of fused-ring (bicyclic) bond motifs is 6. The molecule has 3 spiro atoms. The van der Waals surface area contributed by atoms with E-state index in [4.69, 9.17) is 31.4 Å². The van der Waals surface area contributed by atoms with Crippen molar-refractivity contribution in [1.29, 1.82) is 0 Å². The molecule has 15 atom stereocenters. The lowest BCUT2D eigenvalue weighted by Gasteiger charge is -2.26. The van der Waals surface area contributed by atoms with Crippen LogP contribution in [0.2, 0.25) is 0 Å². The highest BCUT2D eigenvalue weighted by Gasteiger charge is 2.60. The summed E-state index contributed by atoms with van der Waals surface area (Å²) in [6.45, 7) is 1.20. The monoisotopic (exact) mass is 1400 g/mol. The van der Waals surface area contributed by atoms with E-state index in [1.165, 1.54) is 0 Å². The number of nitrogen functional groups attached to an aromatic ring is 3. The first-order chi connectivity index (χ1) is 45.9. The van der Waals surface area contributed by atoms with Crippen molar-refractivity contribution < 1.29 is 44.8 Å². The highest BCUT2D eigenvalue weighted by atomic mass is 79.9. The molecule has 12 aromatic rings. The number of nitrogens with zero attached hydrogens (tertiary/aromatic N) is 9. The molecular weight excluding hydrogens is 1340 g/mol. The van der Waals surface area contributed by atoms with Crippen LogP contribution in [0.25, 0.3) is 65.8 Å². The van der Waals surface area contributed by atoms with E-state index >= 15 is 0 Å². The van der Waals surface area contributed by atoms with Crippen LogP contribution in [0.1, 0.15) is 91.7 Å². The van der Waals surface area contributed by atoms with Gasteiger partial charge in [0.05, 0.1) is 100 Å². The molecule has 0 amide bonds. The molecule has 3 saturated carbocycles. The van der Waals surface area contributed by atoms with E-state index in [2.05, 4.69) is 61.8 Å². The highest BCUT2D eigenvalue weighted by Crippen LogP contribution is 2.58. The van der Waals surface area contributed by atoms with Crippen LogP contribution in [0, 0.1) is 16.2 Å². The first-order valence-electron chi connectivity index (χ1n) is 32.0. The zero-order chi connectivity index (χ0) is 65.2. The summed E-state index contributed by atoms with van der Waals surface area (Å²) in [6, 6.07) is 42.7. The Morgan fingerprint density at radius 3 is 1.09 bits per heavy atom. The molecule has 23 heteroatoms. The van der Waals surface area contributed by atoms with Crippen molar-refractivity contribution in [2.24, 2.45) is 16.2 Å². The average Bonchev–Trinajstić information content (AvgIpc) is 1.60. The summed E-state index contributed by atoms with van der Waals surface area (Å²) >= 11 is 6.84. The van der Waals surface area contributed by atoms with Crippen LogP contribution in [0.4, 0.5) is 17.5 Å². The predicted octanol–water partition coefficient (Wildman–Crippen LogP) is 10.5. The lowest BCUT2D eigenvalue weighted by molar-refractivity contribution is -0.0309.